The number of hydrogen-bond acceptors (Lipinski definition) is 2. The number of rotatable bonds is 7. The maximum absolute atomic E-state index is 6.13. The Morgan fingerprint density at radius 1 is 1.24 bits per heavy atom. The second-order valence-corrected chi connectivity index (χ2v) is 5.10. The third-order valence-corrected chi connectivity index (χ3v) is 3.33. The Morgan fingerprint density at radius 3 is 2.57 bits per heavy atom. The van der Waals surface area contributed by atoms with E-state index in [4.69, 9.17) is 27.9 Å². The summed E-state index contributed by atoms with van der Waals surface area (Å²) in [6, 6.07) is 5.55. The fourth-order valence-corrected chi connectivity index (χ4v) is 2.19. The van der Waals surface area contributed by atoms with Gasteiger partial charge in [0.1, 0.15) is 0 Å². The average Bonchev–Trinajstić information content (AvgIpc) is 2.43. The highest BCUT2D eigenvalue weighted by atomic mass is 127. The summed E-state index contributed by atoms with van der Waals surface area (Å²) in [5, 5.41) is 7.81. The van der Waals surface area contributed by atoms with Crippen LogP contribution >= 0.6 is 47.2 Å². The molecule has 0 aliphatic carbocycles. The van der Waals surface area contributed by atoms with Gasteiger partial charge >= 0.3 is 0 Å². The Kier molecular flexibility index (Phi) is 12.2. The van der Waals surface area contributed by atoms with Crippen molar-refractivity contribution in [1.29, 1.82) is 0 Å². The minimum Gasteiger partial charge on any atom is -0.385 e. The summed E-state index contributed by atoms with van der Waals surface area (Å²) in [6.45, 7) is 2.32. The van der Waals surface area contributed by atoms with E-state index >= 15 is 0 Å². The van der Waals surface area contributed by atoms with Gasteiger partial charge in [0.25, 0.3) is 0 Å². The first kappa shape index (κ1) is 20.8. The lowest BCUT2D eigenvalue weighted by atomic mass is 10.1. The molecule has 1 rings (SSSR count). The molecule has 0 heterocycles. The topological polar surface area (TPSA) is 45.7 Å². The first-order valence-corrected chi connectivity index (χ1v) is 7.30. The van der Waals surface area contributed by atoms with E-state index in [0.29, 0.717) is 10.0 Å². The number of ether oxygens (including phenoxy) is 1. The lowest BCUT2D eigenvalue weighted by molar-refractivity contribution is 0.195. The van der Waals surface area contributed by atoms with Gasteiger partial charge in [-0.1, -0.05) is 29.3 Å². The zero-order chi connectivity index (χ0) is 14.8. The maximum atomic E-state index is 6.13. The van der Waals surface area contributed by atoms with Crippen molar-refractivity contribution < 1.29 is 4.74 Å². The quantitative estimate of drug-likeness (QED) is 0.293. The molecule has 2 N–H and O–H groups in total. The summed E-state index contributed by atoms with van der Waals surface area (Å²) in [7, 11) is 3.45. The Balaban J connectivity index is 0.00000400. The number of benzene rings is 1. The molecular formula is C14H22Cl2IN3O. The zero-order valence-electron chi connectivity index (χ0n) is 12.3. The molecule has 0 amide bonds. The number of aliphatic imine (C=N–C) groups is 1. The molecule has 21 heavy (non-hydrogen) atoms. The first-order chi connectivity index (χ1) is 9.67. The number of nitrogens with zero attached hydrogens (tertiary/aromatic N) is 1. The number of guanidine groups is 1. The van der Waals surface area contributed by atoms with Crippen LogP contribution in [0.3, 0.4) is 0 Å². The lowest BCUT2D eigenvalue weighted by Gasteiger charge is -2.12. The summed E-state index contributed by atoms with van der Waals surface area (Å²) >= 11 is 12.0. The van der Waals surface area contributed by atoms with E-state index in [-0.39, 0.29) is 24.0 Å². The molecule has 4 nitrogen and oxygen atoms in total. The van der Waals surface area contributed by atoms with Gasteiger partial charge in [-0.2, -0.15) is 0 Å². The minimum atomic E-state index is 0. The van der Waals surface area contributed by atoms with Gasteiger partial charge in [-0.05, 0) is 30.5 Å². The van der Waals surface area contributed by atoms with E-state index in [1.54, 1.807) is 20.2 Å². The van der Waals surface area contributed by atoms with Crippen molar-refractivity contribution in [3.63, 3.8) is 0 Å². The van der Waals surface area contributed by atoms with Crippen LogP contribution in [0.5, 0.6) is 0 Å². The van der Waals surface area contributed by atoms with Crippen molar-refractivity contribution in [2.24, 2.45) is 4.99 Å². The van der Waals surface area contributed by atoms with E-state index in [9.17, 15) is 0 Å². The van der Waals surface area contributed by atoms with Gasteiger partial charge in [0, 0.05) is 43.9 Å². The molecule has 0 spiro atoms. The van der Waals surface area contributed by atoms with Crippen LogP contribution in [0.4, 0.5) is 0 Å². The van der Waals surface area contributed by atoms with Gasteiger partial charge in [-0.15, -0.1) is 24.0 Å². The van der Waals surface area contributed by atoms with Crippen LogP contribution in [0.15, 0.2) is 23.2 Å². The van der Waals surface area contributed by atoms with Crippen LogP contribution in [0.25, 0.3) is 0 Å². The predicted molar refractivity (Wildman–Crippen MR) is 101 cm³/mol. The molecule has 0 bridgehead atoms. The van der Waals surface area contributed by atoms with Crippen LogP contribution in [-0.4, -0.2) is 39.8 Å². The van der Waals surface area contributed by atoms with Crippen LogP contribution < -0.4 is 10.6 Å². The number of nitrogens with one attached hydrogen (secondary N) is 2. The fourth-order valence-electron chi connectivity index (χ4n) is 1.68. The molecule has 0 atom stereocenters. The van der Waals surface area contributed by atoms with Crippen molar-refractivity contribution in [2.45, 2.75) is 12.8 Å². The normalized spacial score (nSPS) is 11.0. The highest BCUT2D eigenvalue weighted by Gasteiger charge is 2.02. The number of methoxy groups -OCH3 is 1. The zero-order valence-corrected chi connectivity index (χ0v) is 16.1. The maximum Gasteiger partial charge on any atom is 0.190 e. The van der Waals surface area contributed by atoms with Gasteiger partial charge in [-0.25, -0.2) is 0 Å². The monoisotopic (exact) mass is 445 g/mol. The molecule has 0 saturated heterocycles. The van der Waals surface area contributed by atoms with Gasteiger partial charge in [0.2, 0.25) is 0 Å². The van der Waals surface area contributed by atoms with E-state index in [1.807, 2.05) is 12.1 Å². The molecule has 0 aliphatic rings. The van der Waals surface area contributed by atoms with Crippen LogP contribution in [0, 0.1) is 0 Å². The van der Waals surface area contributed by atoms with Gasteiger partial charge in [0.15, 0.2) is 5.96 Å². The average molecular weight is 446 g/mol. The Hall–Kier alpha value is -0.240. The predicted octanol–water partition coefficient (Wildman–Crippen LogP) is 3.36. The molecule has 1 aromatic rings. The minimum absolute atomic E-state index is 0. The summed E-state index contributed by atoms with van der Waals surface area (Å²) < 4.78 is 4.99. The molecule has 0 aromatic heterocycles. The van der Waals surface area contributed by atoms with Crippen molar-refractivity contribution in [2.75, 3.05) is 33.9 Å². The van der Waals surface area contributed by atoms with E-state index in [0.717, 1.165) is 44.1 Å². The second-order valence-electron chi connectivity index (χ2n) is 4.26. The number of hydrogen-bond donors (Lipinski definition) is 2. The summed E-state index contributed by atoms with van der Waals surface area (Å²) in [5.74, 6) is 0.784. The first-order valence-electron chi connectivity index (χ1n) is 6.54. The molecule has 7 heteroatoms. The molecular weight excluding hydrogens is 424 g/mol. The fraction of sp³-hybridized carbons (Fsp3) is 0.500. The van der Waals surface area contributed by atoms with Crippen LogP contribution in [0.1, 0.15) is 12.0 Å². The molecule has 0 unspecified atom stereocenters. The largest absolute Gasteiger partial charge is 0.385 e. The Labute approximate surface area is 153 Å². The van der Waals surface area contributed by atoms with Crippen molar-refractivity contribution >= 4 is 53.1 Å². The molecule has 1 aromatic carbocycles. The van der Waals surface area contributed by atoms with E-state index < -0.39 is 0 Å². The molecule has 0 fully saturated rings. The van der Waals surface area contributed by atoms with Gasteiger partial charge in [-0.3, -0.25) is 4.99 Å². The number of halogens is 3. The van der Waals surface area contributed by atoms with Crippen LogP contribution in [0.2, 0.25) is 10.0 Å². The molecule has 0 saturated carbocycles. The van der Waals surface area contributed by atoms with Crippen molar-refractivity contribution in [3.05, 3.63) is 33.8 Å². The Morgan fingerprint density at radius 2 is 1.95 bits per heavy atom. The van der Waals surface area contributed by atoms with Crippen molar-refractivity contribution in [3.8, 4) is 0 Å². The standard InChI is InChI=1S/C14H21Cl2N3O.HI/c1-17-14(18-7-3-9-20-2)19-8-6-11-4-5-12(15)10-13(11)16;/h4-5,10H,3,6-9H2,1-2H3,(H2,17,18,19);1H. The third kappa shape index (κ3) is 8.70. The Bertz CT molecular complexity index is 444. The van der Waals surface area contributed by atoms with Crippen molar-refractivity contribution in [1.82, 2.24) is 10.6 Å². The van der Waals surface area contributed by atoms with E-state index in [2.05, 4.69) is 15.6 Å². The molecule has 120 valence electrons. The highest BCUT2D eigenvalue weighted by molar-refractivity contribution is 14.0. The highest BCUT2D eigenvalue weighted by Crippen LogP contribution is 2.20. The molecule has 0 radical (unpaired) electrons. The van der Waals surface area contributed by atoms with E-state index in [1.165, 1.54) is 0 Å². The summed E-state index contributed by atoms with van der Waals surface area (Å²) in [4.78, 5) is 4.15. The summed E-state index contributed by atoms with van der Waals surface area (Å²) in [6.07, 6.45) is 1.76. The smallest absolute Gasteiger partial charge is 0.190 e. The summed E-state index contributed by atoms with van der Waals surface area (Å²) in [5.41, 5.74) is 1.07. The van der Waals surface area contributed by atoms with Gasteiger partial charge < -0.3 is 15.4 Å². The van der Waals surface area contributed by atoms with Crippen LogP contribution in [-0.2, 0) is 11.2 Å². The second kappa shape index (κ2) is 12.3. The molecule has 0 aliphatic heterocycles. The third-order valence-electron chi connectivity index (χ3n) is 2.74. The SMILES string of the molecule is CN=C(NCCCOC)NCCc1ccc(Cl)cc1Cl.I. The van der Waals surface area contributed by atoms with Gasteiger partial charge in [0.05, 0.1) is 0 Å². The lowest BCUT2D eigenvalue weighted by Crippen LogP contribution is -2.39.